The highest BCUT2D eigenvalue weighted by Crippen LogP contribution is 2.52. The number of anilines is 1. The number of hydrogen-bond donors (Lipinski definition) is 1. The molecule has 0 radical (unpaired) electrons. The minimum Gasteiger partial charge on any atom is -0.261 e. The predicted octanol–water partition coefficient (Wildman–Crippen LogP) is 3.48. The van der Waals surface area contributed by atoms with Crippen molar-refractivity contribution in [2.45, 2.75) is 56.3 Å². The van der Waals surface area contributed by atoms with E-state index >= 15 is 0 Å². The van der Waals surface area contributed by atoms with Gasteiger partial charge in [-0.2, -0.15) is 9.41 Å². The molecule has 4 aliphatic carbocycles. The Balaban J connectivity index is 1.28. The van der Waals surface area contributed by atoms with Crippen molar-refractivity contribution in [2.75, 3.05) is 18.5 Å². The van der Waals surface area contributed by atoms with Crippen LogP contribution in [-0.2, 0) is 10.0 Å². The Labute approximate surface area is 161 Å². The first-order chi connectivity index (χ1) is 13.1. The molecule has 7 heteroatoms. The average Bonchev–Trinajstić information content (AvgIpc) is 2.68. The first kappa shape index (κ1) is 17.6. The molecule has 2 heterocycles. The minimum absolute atomic E-state index is 0.275. The van der Waals surface area contributed by atoms with E-state index in [-0.39, 0.29) is 4.90 Å². The molecule has 6 nitrogen and oxygen atoms in total. The summed E-state index contributed by atoms with van der Waals surface area (Å²) < 4.78 is 27.0. The third kappa shape index (κ3) is 3.29. The molecule has 0 amide bonds. The number of rotatable bonds is 4. The van der Waals surface area contributed by atoms with Crippen molar-refractivity contribution < 1.29 is 8.42 Å². The molecule has 4 bridgehead atoms. The first-order valence-corrected chi connectivity index (χ1v) is 11.8. The maximum Gasteiger partial charge on any atom is 0.244 e. The van der Waals surface area contributed by atoms with Gasteiger partial charge in [0, 0.05) is 25.0 Å². The van der Waals surface area contributed by atoms with E-state index in [4.69, 9.17) is 5.10 Å². The smallest absolute Gasteiger partial charge is 0.244 e. The van der Waals surface area contributed by atoms with Gasteiger partial charge in [0.15, 0.2) is 0 Å². The van der Waals surface area contributed by atoms with Crippen LogP contribution in [0.3, 0.4) is 0 Å². The largest absolute Gasteiger partial charge is 0.261 e. The van der Waals surface area contributed by atoms with Gasteiger partial charge in [-0.15, -0.1) is 0 Å². The highest BCUT2D eigenvalue weighted by atomic mass is 32.2. The third-order valence-electron chi connectivity index (χ3n) is 6.96. The standard InChI is InChI=1S/C20H28N4O2S/c25-27(26,24-6-2-1-3-7-24)18-4-5-19(21-13-18)22-23-20-16-9-14-8-15(11-16)12-17(20)10-14/h4-5,13-17H,1-3,6-12H2,(H,21,22). The summed E-state index contributed by atoms with van der Waals surface area (Å²) in [7, 11) is -3.42. The molecule has 5 aliphatic rings. The number of piperidine rings is 1. The molecule has 1 N–H and O–H groups in total. The molecule has 5 fully saturated rings. The first-order valence-electron chi connectivity index (χ1n) is 10.4. The van der Waals surface area contributed by atoms with Crippen molar-refractivity contribution in [2.24, 2.45) is 28.8 Å². The van der Waals surface area contributed by atoms with E-state index in [1.54, 1.807) is 16.4 Å². The van der Waals surface area contributed by atoms with Crippen LogP contribution in [0.2, 0.25) is 0 Å². The van der Waals surface area contributed by atoms with Gasteiger partial charge in [0.2, 0.25) is 10.0 Å². The molecular weight excluding hydrogens is 360 g/mol. The number of hydrazone groups is 1. The zero-order chi connectivity index (χ0) is 18.4. The highest BCUT2D eigenvalue weighted by Gasteiger charge is 2.46. The molecule has 0 spiro atoms. The van der Waals surface area contributed by atoms with Gasteiger partial charge in [-0.05, 0) is 80.8 Å². The van der Waals surface area contributed by atoms with Crippen LogP contribution in [-0.4, -0.2) is 36.5 Å². The summed E-state index contributed by atoms with van der Waals surface area (Å²) in [5.41, 5.74) is 4.43. The molecular formula is C20H28N4O2S. The van der Waals surface area contributed by atoms with Crippen LogP contribution in [0.5, 0.6) is 0 Å². The van der Waals surface area contributed by atoms with E-state index in [1.165, 1.54) is 44.0 Å². The lowest BCUT2D eigenvalue weighted by molar-refractivity contribution is 0.108. The van der Waals surface area contributed by atoms with E-state index < -0.39 is 10.0 Å². The monoisotopic (exact) mass is 388 g/mol. The Morgan fingerprint density at radius 2 is 1.63 bits per heavy atom. The maximum absolute atomic E-state index is 12.7. The zero-order valence-corrected chi connectivity index (χ0v) is 16.5. The number of hydrogen-bond acceptors (Lipinski definition) is 5. The number of pyridine rings is 1. The minimum atomic E-state index is -3.42. The van der Waals surface area contributed by atoms with Crippen molar-refractivity contribution >= 4 is 21.6 Å². The Morgan fingerprint density at radius 3 is 2.22 bits per heavy atom. The van der Waals surface area contributed by atoms with Crippen molar-refractivity contribution in [3.8, 4) is 0 Å². The second kappa shape index (κ2) is 6.85. The van der Waals surface area contributed by atoms with Crippen molar-refractivity contribution in [1.29, 1.82) is 0 Å². The fraction of sp³-hybridized carbons (Fsp3) is 0.700. The van der Waals surface area contributed by atoms with E-state index in [0.29, 0.717) is 30.7 Å². The van der Waals surface area contributed by atoms with E-state index in [2.05, 4.69) is 10.4 Å². The van der Waals surface area contributed by atoms with Crippen LogP contribution in [0.4, 0.5) is 5.82 Å². The van der Waals surface area contributed by atoms with E-state index in [9.17, 15) is 8.42 Å². The topological polar surface area (TPSA) is 74.7 Å². The summed E-state index contributed by atoms with van der Waals surface area (Å²) in [5, 5.41) is 4.72. The molecule has 27 heavy (non-hydrogen) atoms. The average molecular weight is 389 g/mol. The Kier molecular flexibility index (Phi) is 4.47. The molecule has 4 saturated carbocycles. The van der Waals surface area contributed by atoms with Crippen molar-refractivity contribution in [1.82, 2.24) is 9.29 Å². The quantitative estimate of drug-likeness (QED) is 0.802. The summed E-state index contributed by atoms with van der Waals surface area (Å²) in [4.78, 5) is 4.59. The Bertz CT molecular complexity index is 798. The van der Waals surface area contributed by atoms with Crippen LogP contribution in [0.25, 0.3) is 0 Å². The predicted molar refractivity (Wildman–Crippen MR) is 105 cm³/mol. The van der Waals surface area contributed by atoms with E-state index in [0.717, 1.165) is 31.1 Å². The van der Waals surface area contributed by atoms with Crippen LogP contribution in [0.1, 0.15) is 51.4 Å². The second-order valence-corrected chi connectivity index (χ2v) is 10.7. The Hall–Kier alpha value is -1.47. The lowest BCUT2D eigenvalue weighted by Gasteiger charge is -2.50. The number of aromatic nitrogens is 1. The molecule has 0 atom stereocenters. The van der Waals surface area contributed by atoms with Crippen molar-refractivity contribution in [3.05, 3.63) is 18.3 Å². The van der Waals surface area contributed by atoms with Gasteiger partial charge < -0.3 is 0 Å². The Morgan fingerprint density at radius 1 is 0.963 bits per heavy atom. The fourth-order valence-corrected chi connectivity index (χ4v) is 7.29. The number of nitrogens with one attached hydrogen (secondary N) is 1. The van der Waals surface area contributed by atoms with Gasteiger partial charge in [-0.1, -0.05) is 6.42 Å². The number of sulfonamides is 1. The van der Waals surface area contributed by atoms with Gasteiger partial charge in [-0.3, -0.25) is 5.43 Å². The van der Waals surface area contributed by atoms with Gasteiger partial charge in [0.05, 0.1) is 0 Å². The summed E-state index contributed by atoms with van der Waals surface area (Å²) in [6.45, 7) is 1.22. The molecule has 146 valence electrons. The molecule has 1 saturated heterocycles. The summed E-state index contributed by atoms with van der Waals surface area (Å²) in [5.74, 6) is 3.75. The van der Waals surface area contributed by atoms with Gasteiger partial charge in [0.25, 0.3) is 0 Å². The summed E-state index contributed by atoms with van der Waals surface area (Å²) >= 11 is 0. The normalized spacial score (nSPS) is 33.3. The third-order valence-corrected chi connectivity index (χ3v) is 8.85. The summed E-state index contributed by atoms with van der Waals surface area (Å²) in [6.07, 6.45) is 11.1. The molecule has 0 aromatic carbocycles. The van der Waals surface area contributed by atoms with Gasteiger partial charge >= 0.3 is 0 Å². The van der Waals surface area contributed by atoms with Crippen LogP contribution in [0.15, 0.2) is 28.3 Å². The fourth-order valence-electron chi connectivity index (χ4n) is 5.82. The SMILES string of the molecule is O=S(=O)(c1ccc(NN=C2C3CC4CC(C3)CC2C4)nc1)N1CCCCC1. The van der Waals surface area contributed by atoms with Gasteiger partial charge in [0.1, 0.15) is 10.7 Å². The lowest BCUT2D eigenvalue weighted by Crippen LogP contribution is -2.45. The highest BCUT2D eigenvalue weighted by molar-refractivity contribution is 7.89. The van der Waals surface area contributed by atoms with Gasteiger partial charge in [-0.25, -0.2) is 13.4 Å². The van der Waals surface area contributed by atoms with Crippen LogP contribution >= 0.6 is 0 Å². The molecule has 6 rings (SSSR count). The number of nitrogens with zero attached hydrogens (tertiary/aromatic N) is 3. The van der Waals surface area contributed by atoms with Crippen LogP contribution < -0.4 is 5.43 Å². The lowest BCUT2D eigenvalue weighted by atomic mass is 9.55. The molecule has 1 aromatic rings. The van der Waals surface area contributed by atoms with Crippen LogP contribution in [0, 0.1) is 23.7 Å². The second-order valence-electron chi connectivity index (χ2n) is 8.80. The molecule has 1 aliphatic heterocycles. The van der Waals surface area contributed by atoms with E-state index in [1.807, 2.05) is 0 Å². The summed E-state index contributed by atoms with van der Waals surface area (Å²) in [6, 6.07) is 3.38. The molecule has 1 aromatic heterocycles. The van der Waals surface area contributed by atoms with Crippen molar-refractivity contribution in [3.63, 3.8) is 0 Å². The molecule has 0 unspecified atom stereocenters. The zero-order valence-electron chi connectivity index (χ0n) is 15.7. The maximum atomic E-state index is 12.7.